The molecule has 4 nitrogen and oxygen atoms in total. The molecule has 0 atom stereocenters. The lowest BCUT2D eigenvalue weighted by Crippen LogP contribution is -2.01. The van der Waals surface area contributed by atoms with E-state index in [-0.39, 0.29) is 5.78 Å². The van der Waals surface area contributed by atoms with Crippen LogP contribution in [-0.2, 0) is 0 Å². The van der Waals surface area contributed by atoms with Crippen molar-refractivity contribution in [3.8, 4) is 5.75 Å². The first-order valence-electron chi connectivity index (χ1n) is 6.70. The van der Waals surface area contributed by atoms with Gasteiger partial charge >= 0.3 is 0 Å². The van der Waals surface area contributed by atoms with Crippen molar-refractivity contribution in [3.63, 3.8) is 0 Å². The minimum Gasteiger partial charge on any atom is -0.496 e. The number of allylic oxidation sites excluding steroid dienone is 1. The maximum atomic E-state index is 12.2. The number of nitrogens with zero attached hydrogens (tertiary/aromatic N) is 2. The van der Waals surface area contributed by atoms with Crippen LogP contribution in [0.3, 0.4) is 0 Å². The van der Waals surface area contributed by atoms with Crippen molar-refractivity contribution in [2.75, 3.05) is 7.11 Å². The SMILES string of the molecule is COc1ccccc1C(=O)/C=C/c1nc(C)c(C)nc1C. The monoisotopic (exact) mass is 282 g/mol. The number of benzene rings is 1. The van der Waals surface area contributed by atoms with Gasteiger partial charge in [-0.1, -0.05) is 12.1 Å². The Balaban J connectivity index is 2.29. The molecule has 0 amide bonds. The van der Waals surface area contributed by atoms with Crippen molar-refractivity contribution < 1.29 is 9.53 Å². The van der Waals surface area contributed by atoms with Gasteiger partial charge in [0.15, 0.2) is 5.78 Å². The number of hydrogen-bond donors (Lipinski definition) is 0. The maximum absolute atomic E-state index is 12.2. The Hall–Kier alpha value is -2.49. The third kappa shape index (κ3) is 3.34. The summed E-state index contributed by atoms with van der Waals surface area (Å²) >= 11 is 0. The second-order valence-electron chi connectivity index (χ2n) is 4.76. The highest BCUT2D eigenvalue weighted by molar-refractivity contribution is 6.08. The van der Waals surface area contributed by atoms with Crippen LogP contribution in [0.15, 0.2) is 30.3 Å². The highest BCUT2D eigenvalue weighted by Gasteiger charge is 2.09. The van der Waals surface area contributed by atoms with Crippen LogP contribution in [0.5, 0.6) is 5.75 Å². The molecule has 1 heterocycles. The molecule has 0 bridgehead atoms. The summed E-state index contributed by atoms with van der Waals surface area (Å²) in [5, 5.41) is 0. The van der Waals surface area contributed by atoms with Gasteiger partial charge in [0, 0.05) is 0 Å². The largest absolute Gasteiger partial charge is 0.496 e. The predicted molar refractivity (Wildman–Crippen MR) is 82.6 cm³/mol. The van der Waals surface area contributed by atoms with Gasteiger partial charge in [-0.2, -0.15) is 0 Å². The number of ketones is 1. The zero-order valence-electron chi connectivity index (χ0n) is 12.7. The van der Waals surface area contributed by atoms with Crippen molar-refractivity contribution in [1.82, 2.24) is 9.97 Å². The first kappa shape index (κ1) is 14.9. The highest BCUT2D eigenvalue weighted by atomic mass is 16.5. The van der Waals surface area contributed by atoms with E-state index in [0.717, 1.165) is 17.1 Å². The van der Waals surface area contributed by atoms with E-state index in [2.05, 4.69) is 9.97 Å². The van der Waals surface area contributed by atoms with Crippen LogP contribution in [0.25, 0.3) is 6.08 Å². The molecule has 0 N–H and O–H groups in total. The number of carbonyl (C=O) groups excluding carboxylic acids is 1. The molecule has 0 radical (unpaired) electrons. The Morgan fingerprint density at radius 1 is 1.05 bits per heavy atom. The topological polar surface area (TPSA) is 52.1 Å². The molecule has 0 aliphatic carbocycles. The number of ether oxygens (including phenoxy) is 1. The predicted octanol–water partition coefficient (Wildman–Crippen LogP) is 3.31. The highest BCUT2D eigenvalue weighted by Crippen LogP contribution is 2.18. The standard InChI is InChI=1S/C17H18N2O2/c1-11-12(2)19-15(13(3)18-11)9-10-16(20)14-7-5-6-8-17(14)21-4/h5-10H,1-4H3/b10-9+. The number of rotatable bonds is 4. The Bertz CT molecular complexity index is 706. The Kier molecular flexibility index (Phi) is 4.48. The molecule has 0 unspecified atom stereocenters. The molecule has 2 rings (SSSR count). The van der Waals surface area contributed by atoms with Crippen molar-refractivity contribution >= 4 is 11.9 Å². The Labute approximate surface area is 124 Å². The number of aryl methyl sites for hydroxylation is 3. The summed E-state index contributed by atoms with van der Waals surface area (Å²) in [5.41, 5.74) is 3.82. The van der Waals surface area contributed by atoms with Gasteiger partial charge in [0.1, 0.15) is 5.75 Å². The van der Waals surface area contributed by atoms with Crippen LogP contribution in [0.1, 0.15) is 33.1 Å². The zero-order chi connectivity index (χ0) is 15.4. The van der Waals surface area contributed by atoms with Crippen LogP contribution in [0, 0.1) is 20.8 Å². The van der Waals surface area contributed by atoms with Crippen LogP contribution in [0.2, 0.25) is 0 Å². The van der Waals surface area contributed by atoms with Crippen molar-refractivity contribution in [2.24, 2.45) is 0 Å². The second kappa shape index (κ2) is 6.31. The minimum atomic E-state index is -0.119. The molecule has 108 valence electrons. The number of hydrogen-bond acceptors (Lipinski definition) is 4. The maximum Gasteiger partial charge on any atom is 0.189 e. The minimum absolute atomic E-state index is 0.119. The summed E-state index contributed by atoms with van der Waals surface area (Å²) < 4.78 is 5.19. The van der Waals surface area contributed by atoms with Crippen molar-refractivity contribution in [2.45, 2.75) is 20.8 Å². The third-order valence-electron chi connectivity index (χ3n) is 3.28. The molecule has 4 heteroatoms. The van der Waals surface area contributed by atoms with Crippen LogP contribution < -0.4 is 4.74 Å². The molecule has 2 aromatic rings. The van der Waals surface area contributed by atoms with Gasteiger partial charge in [-0.05, 0) is 45.1 Å². The molecule has 0 saturated heterocycles. The molecule has 0 spiro atoms. The number of methoxy groups -OCH3 is 1. The van der Waals surface area contributed by atoms with Crippen LogP contribution in [-0.4, -0.2) is 22.9 Å². The summed E-state index contributed by atoms with van der Waals surface area (Å²) in [7, 11) is 1.55. The molecular weight excluding hydrogens is 264 g/mol. The van der Waals surface area contributed by atoms with Gasteiger partial charge < -0.3 is 4.74 Å². The quantitative estimate of drug-likeness (QED) is 0.637. The molecule has 21 heavy (non-hydrogen) atoms. The first-order chi connectivity index (χ1) is 10.0. The molecule has 0 aliphatic rings. The van der Waals surface area contributed by atoms with E-state index in [1.54, 1.807) is 25.3 Å². The van der Waals surface area contributed by atoms with E-state index < -0.39 is 0 Å². The second-order valence-corrected chi connectivity index (χ2v) is 4.76. The third-order valence-corrected chi connectivity index (χ3v) is 3.28. The van der Waals surface area contributed by atoms with Crippen molar-refractivity contribution in [1.29, 1.82) is 0 Å². The molecule has 0 saturated carbocycles. The summed E-state index contributed by atoms with van der Waals surface area (Å²) in [5.74, 6) is 0.446. The van der Waals surface area contributed by atoms with Crippen molar-refractivity contribution in [3.05, 3.63) is 58.7 Å². The van der Waals surface area contributed by atoms with Gasteiger partial charge in [0.05, 0.1) is 35.4 Å². The van der Waals surface area contributed by atoms with Crippen LogP contribution >= 0.6 is 0 Å². The lowest BCUT2D eigenvalue weighted by molar-refractivity contribution is 0.104. The van der Waals surface area contributed by atoms with E-state index in [1.807, 2.05) is 32.9 Å². The van der Waals surface area contributed by atoms with E-state index >= 15 is 0 Å². The Morgan fingerprint density at radius 2 is 1.71 bits per heavy atom. The normalized spacial score (nSPS) is 10.9. The average molecular weight is 282 g/mol. The summed E-state index contributed by atoms with van der Waals surface area (Å²) in [6.45, 7) is 5.71. The van der Waals surface area contributed by atoms with E-state index in [4.69, 9.17) is 4.74 Å². The summed E-state index contributed by atoms with van der Waals surface area (Å²) in [6.07, 6.45) is 3.20. The smallest absolute Gasteiger partial charge is 0.189 e. The number of aromatic nitrogens is 2. The molecular formula is C17H18N2O2. The molecule has 1 aromatic carbocycles. The van der Waals surface area contributed by atoms with Gasteiger partial charge in [0.2, 0.25) is 0 Å². The fourth-order valence-electron chi connectivity index (χ4n) is 1.98. The summed E-state index contributed by atoms with van der Waals surface area (Å²) in [6, 6.07) is 7.15. The van der Waals surface area contributed by atoms with Gasteiger partial charge in [-0.3, -0.25) is 9.78 Å². The number of carbonyl (C=O) groups is 1. The van der Waals surface area contributed by atoms with Gasteiger partial charge in [-0.15, -0.1) is 0 Å². The zero-order valence-corrected chi connectivity index (χ0v) is 12.7. The summed E-state index contributed by atoms with van der Waals surface area (Å²) in [4.78, 5) is 21.1. The lowest BCUT2D eigenvalue weighted by atomic mass is 10.1. The fraction of sp³-hybridized carbons (Fsp3) is 0.235. The number of para-hydroxylation sites is 1. The van der Waals surface area contributed by atoms with E-state index in [0.29, 0.717) is 17.0 Å². The average Bonchev–Trinajstić information content (AvgIpc) is 2.49. The molecule has 0 aliphatic heterocycles. The van der Waals surface area contributed by atoms with E-state index in [1.165, 1.54) is 6.08 Å². The lowest BCUT2D eigenvalue weighted by Gasteiger charge is -2.05. The van der Waals surface area contributed by atoms with Crippen LogP contribution in [0.4, 0.5) is 0 Å². The molecule has 0 fully saturated rings. The molecule has 1 aromatic heterocycles. The fourth-order valence-corrected chi connectivity index (χ4v) is 1.98. The van der Waals surface area contributed by atoms with Gasteiger partial charge in [0.25, 0.3) is 0 Å². The Morgan fingerprint density at radius 3 is 2.43 bits per heavy atom. The first-order valence-corrected chi connectivity index (χ1v) is 6.70. The van der Waals surface area contributed by atoms with E-state index in [9.17, 15) is 4.79 Å². The van der Waals surface area contributed by atoms with Gasteiger partial charge in [-0.25, -0.2) is 4.98 Å².